The van der Waals surface area contributed by atoms with Crippen LogP contribution < -0.4 is 0 Å². The molecular weight excluding hydrogens is 960 g/mol. The summed E-state index contributed by atoms with van der Waals surface area (Å²) in [7, 11) is 0. The molecule has 10 heteroatoms. The third kappa shape index (κ3) is 8.15. The maximum atomic E-state index is 14.6. The van der Waals surface area contributed by atoms with Gasteiger partial charge in [0.1, 0.15) is 0 Å². The van der Waals surface area contributed by atoms with Crippen LogP contribution in [0.4, 0.5) is 18.9 Å². The Morgan fingerprint density at radius 1 is 0.403 bits per heavy atom. The Labute approximate surface area is 440 Å². The van der Waals surface area contributed by atoms with Crippen LogP contribution in [0.5, 0.6) is 0 Å². The van der Waals surface area contributed by atoms with Crippen LogP contribution in [-0.2, 0) is 6.18 Å². The molecule has 12 rings (SSSR count). The number of nitrogens with zero attached hydrogens (tertiary/aromatic N) is 7. The number of aryl methyl sites for hydroxylation is 1. The second-order valence-electron chi connectivity index (χ2n) is 18.9. The molecule has 0 radical (unpaired) electrons. The molecular formula is C67H36F3N7. The Morgan fingerprint density at radius 2 is 0.766 bits per heavy atom. The quantitative estimate of drug-likeness (QED) is 0.148. The first-order valence-electron chi connectivity index (χ1n) is 24.4. The van der Waals surface area contributed by atoms with E-state index in [1.54, 1.807) is 43.3 Å². The molecule has 2 aromatic heterocycles. The molecule has 0 aliphatic heterocycles. The Kier molecular flexibility index (Phi) is 11.3. The second-order valence-corrected chi connectivity index (χ2v) is 18.9. The first-order chi connectivity index (χ1) is 37.4. The summed E-state index contributed by atoms with van der Waals surface area (Å²) < 4.78 is 47.9. The summed E-state index contributed by atoms with van der Waals surface area (Å²) in [4.78, 5) is 3.68. The molecule has 0 aliphatic carbocycles. The van der Waals surface area contributed by atoms with E-state index in [1.165, 1.54) is 6.07 Å². The van der Waals surface area contributed by atoms with Gasteiger partial charge in [-0.05, 0) is 178 Å². The third-order valence-electron chi connectivity index (χ3n) is 14.3. The molecule has 0 bridgehead atoms. The Balaban J connectivity index is 1.21. The Morgan fingerprint density at radius 3 is 1.12 bits per heavy atom. The minimum Gasteiger partial charge on any atom is -0.308 e. The van der Waals surface area contributed by atoms with Crippen molar-refractivity contribution >= 4 is 49.3 Å². The van der Waals surface area contributed by atoms with E-state index in [-0.39, 0.29) is 0 Å². The number of benzene rings is 10. The van der Waals surface area contributed by atoms with Gasteiger partial charge in [0.05, 0.1) is 92.1 Å². The van der Waals surface area contributed by atoms with Crippen molar-refractivity contribution in [2.75, 3.05) is 0 Å². The van der Waals surface area contributed by atoms with Gasteiger partial charge in [-0.1, -0.05) is 84.9 Å². The van der Waals surface area contributed by atoms with Gasteiger partial charge in [0.2, 0.25) is 0 Å². The minimum atomic E-state index is -4.62. The van der Waals surface area contributed by atoms with Crippen LogP contribution in [0.15, 0.2) is 200 Å². The van der Waals surface area contributed by atoms with Gasteiger partial charge >= 0.3 is 6.18 Å². The zero-order valence-corrected chi connectivity index (χ0v) is 40.8. The highest BCUT2D eigenvalue weighted by Gasteiger charge is 2.32. The average Bonchev–Trinajstić information content (AvgIpc) is 4.12. The van der Waals surface area contributed by atoms with Crippen molar-refractivity contribution in [3.05, 3.63) is 245 Å². The van der Waals surface area contributed by atoms with Crippen molar-refractivity contribution in [1.82, 2.24) is 9.13 Å². The van der Waals surface area contributed by atoms with Crippen molar-refractivity contribution in [2.45, 2.75) is 13.1 Å². The van der Waals surface area contributed by atoms with E-state index in [2.05, 4.69) is 62.5 Å². The van der Waals surface area contributed by atoms with E-state index in [9.17, 15) is 34.2 Å². The zero-order chi connectivity index (χ0) is 53.1. The molecule has 0 unspecified atom stereocenters. The lowest BCUT2D eigenvalue weighted by Gasteiger charge is -2.22. The number of halogens is 3. The SMILES string of the molecule is [C-]#[N+]c1cccc(-c2ccc3c(c2)c2cc(-c4cccc(C#N)c4)ccc2n3-c2cc(C#N)cc(-n3c4ccc(-c5cccc(C#N)c5)cc4c4cc(-c5cccc(C#N)c5)ccc43)c2-c2ccc(C(F)(F)F)cc2C)c1. The van der Waals surface area contributed by atoms with E-state index in [1.807, 2.05) is 121 Å². The van der Waals surface area contributed by atoms with Crippen molar-refractivity contribution in [3.63, 3.8) is 0 Å². The van der Waals surface area contributed by atoms with Gasteiger partial charge in [0.15, 0.2) is 5.69 Å². The van der Waals surface area contributed by atoms with Crippen LogP contribution in [0.1, 0.15) is 33.4 Å². The normalized spacial score (nSPS) is 11.3. The molecule has 360 valence electrons. The molecule has 0 spiro atoms. The van der Waals surface area contributed by atoms with Gasteiger partial charge in [-0.3, -0.25) is 0 Å². The van der Waals surface area contributed by atoms with Crippen LogP contribution in [-0.4, -0.2) is 9.13 Å². The average molecular weight is 996 g/mol. The van der Waals surface area contributed by atoms with Gasteiger partial charge in [-0.25, -0.2) is 4.85 Å². The number of hydrogen-bond donors (Lipinski definition) is 0. The largest absolute Gasteiger partial charge is 0.416 e. The smallest absolute Gasteiger partial charge is 0.308 e. The van der Waals surface area contributed by atoms with E-state index >= 15 is 0 Å². The topological polar surface area (TPSA) is 109 Å². The predicted molar refractivity (Wildman–Crippen MR) is 297 cm³/mol. The first-order valence-corrected chi connectivity index (χ1v) is 24.4. The molecule has 77 heavy (non-hydrogen) atoms. The lowest BCUT2D eigenvalue weighted by Crippen LogP contribution is -2.08. The summed E-state index contributed by atoms with van der Waals surface area (Å²) in [6.07, 6.45) is -4.62. The van der Waals surface area contributed by atoms with Crippen LogP contribution in [0.2, 0.25) is 0 Å². The molecule has 12 aromatic rings. The highest BCUT2D eigenvalue weighted by atomic mass is 19.4. The lowest BCUT2D eigenvalue weighted by molar-refractivity contribution is -0.137. The molecule has 0 atom stereocenters. The molecule has 7 nitrogen and oxygen atoms in total. The fourth-order valence-corrected chi connectivity index (χ4v) is 10.8. The monoisotopic (exact) mass is 995 g/mol. The first kappa shape index (κ1) is 47.1. The predicted octanol–water partition coefficient (Wildman–Crippen LogP) is 17.6. The molecule has 0 aliphatic rings. The fourth-order valence-electron chi connectivity index (χ4n) is 10.8. The number of hydrogen-bond acceptors (Lipinski definition) is 4. The van der Waals surface area contributed by atoms with Crippen molar-refractivity contribution < 1.29 is 13.2 Å². The van der Waals surface area contributed by atoms with Crippen molar-refractivity contribution in [2.24, 2.45) is 0 Å². The Hall–Kier alpha value is -11.0. The molecule has 0 amide bonds. The summed E-state index contributed by atoms with van der Waals surface area (Å²) >= 11 is 0. The highest BCUT2D eigenvalue weighted by molar-refractivity contribution is 6.14. The van der Waals surface area contributed by atoms with Crippen LogP contribution in [0.25, 0.3) is 115 Å². The maximum Gasteiger partial charge on any atom is 0.416 e. The molecule has 10 aromatic carbocycles. The number of alkyl halides is 3. The van der Waals surface area contributed by atoms with E-state index in [0.717, 1.165) is 100 Å². The molecule has 2 heterocycles. The van der Waals surface area contributed by atoms with E-state index in [4.69, 9.17) is 6.57 Å². The summed E-state index contributed by atoms with van der Waals surface area (Å²) in [5.74, 6) is 0. The van der Waals surface area contributed by atoms with E-state index in [0.29, 0.717) is 56.0 Å². The number of aromatic nitrogens is 2. The van der Waals surface area contributed by atoms with Gasteiger partial charge in [-0.15, -0.1) is 0 Å². The van der Waals surface area contributed by atoms with Gasteiger partial charge in [-0.2, -0.15) is 34.2 Å². The molecule has 0 fully saturated rings. The Bertz CT molecular complexity index is 4220. The third-order valence-corrected chi connectivity index (χ3v) is 14.3. The highest BCUT2D eigenvalue weighted by Crippen LogP contribution is 2.47. The van der Waals surface area contributed by atoms with Crippen LogP contribution >= 0.6 is 0 Å². The standard InChI is InChI=1S/C67H36F3N7/c1-40-25-53(67(68,69)70)19-20-55(40)66-64(76-60-21-15-49(45-10-3-7-41(26-45)36-71)32-56(60)57-33-50(16-22-61(57)76)46-11-4-8-42(27-46)37-72)29-44(39-74)30-65(66)77-62-23-17-51(47-12-5-9-43(28-47)38-73)34-58(62)59-35-52(18-24-63(59)77)48-13-6-14-54(31-48)75-2/h3-35H,1H3. The molecule has 0 N–H and O–H groups in total. The minimum absolute atomic E-state index is 0.292. The van der Waals surface area contributed by atoms with Crippen molar-refractivity contribution in [1.29, 1.82) is 21.0 Å². The fraction of sp³-hybridized carbons (Fsp3) is 0.0299. The maximum absolute atomic E-state index is 14.6. The number of rotatable bonds is 7. The van der Waals surface area contributed by atoms with Gasteiger partial charge in [0, 0.05) is 27.1 Å². The van der Waals surface area contributed by atoms with E-state index < -0.39 is 11.7 Å². The van der Waals surface area contributed by atoms with Crippen LogP contribution in [0.3, 0.4) is 0 Å². The molecule has 0 saturated heterocycles. The lowest BCUT2D eigenvalue weighted by atomic mass is 9.93. The zero-order valence-electron chi connectivity index (χ0n) is 40.8. The van der Waals surface area contributed by atoms with Gasteiger partial charge in [0.25, 0.3) is 0 Å². The summed E-state index contributed by atoms with van der Waals surface area (Å²) in [5, 5.41) is 44.0. The van der Waals surface area contributed by atoms with Crippen LogP contribution in [0, 0.1) is 58.8 Å². The van der Waals surface area contributed by atoms with Crippen molar-refractivity contribution in [3.8, 4) is 91.3 Å². The summed E-state index contributed by atoms with van der Waals surface area (Å²) in [6.45, 7) is 9.40. The summed E-state index contributed by atoms with van der Waals surface area (Å²) in [5.41, 5.74) is 13.7. The van der Waals surface area contributed by atoms with Gasteiger partial charge < -0.3 is 9.13 Å². The summed E-state index contributed by atoms with van der Waals surface area (Å²) in [6, 6.07) is 70.2. The second kappa shape index (κ2) is 18.5. The number of fused-ring (bicyclic) bond motifs is 6. The molecule has 0 saturated carbocycles. The number of nitriles is 4.